The smallest absolute Gasteiger partial charge is 0.0472 e. The van der Waals surface area contributed by atoms with Gasteiger partial charge in [0.25, 0.3) is 0 Å². The highest BCUT2D eigenvalue weighted by atomic mass is 16.5. The highest BCUT2D eigenvalue weighted by Gasteiger charge is 2.37. The fourth-order valence-electron chi connectivity index (χ4n) is 3.82. The third kappa shape index (κ3) is 3.09. The highest BCUT2D eigenvalue weighted by Crippen LogP contribution is 2.38. The minimum Gasteiger partial charge on any atom is -0.381 e. The second-order valence-corrected chi connectivity index (χ2v) is 6.70. The molecule has 116 valence electrons. The van der Waals surface area contributed by atoms with E-state index in [2.05, 4.69) is 48.3 Å². The molecule has 1 unspecified atom stereocenters. The van der Waals surface area contributed by atoms with Gasteiger partial charge in [-0.25, -0.2) is 0 Å². The van der Waals surface area contributed by atoms with E-state index in [1.54, 1.807) is 0 Å². The average Bonchev–Trinajstić information content (AvgIpc) is 2.82. The number of hydrogen-bond donors (Lipinski definition) is 1. The Hall–Kier alpha value is -1.06. The van der Waals surface area contributed by atoms with Gasteiger partial charge in [0.2, 0.25) is 0 Å². The summed E-state index contributed by atoms with van der Waals surface area (Å²) in [6, 6.07) is 9.53. The summed E-state index contributed by atoms with van der Waals surface area (Å²) >= 11 is 0. The molecule has 0 aromatic heterocycles. The van der Waals surface area contributed by atoms with Gasteiger partial charge in [0.05, 0.1) is 0 Å². The van der Waals surface area contributed by atoms with Gasteiger partial charge in [-0.05, 0) is 44.4 Å². The van der Waals surface area contributed by atoms with E-state index in [0.29, 0.717) is 11.5 Å². The maximum Gasteiger partial charge on any atom is 0.0472 e. The molecule has 2 aliphatic heterocycles. The van der Waals surface area contributed by atoms with E-state index in [4.69, 9.17) is 4.74 Å². The molecule has 3 heteroatoms. The molecule has 2 aliphatic rings. The second kappa shape index (κ2) is 6.37. The third-order valence-electron chi connectivity index (χ3n) is 5.16. The summed E-state index contributed by atoms with van der Waals surface area (Å²) in [4.78, 5) is 2.64. The van der Waals surface area contributed by atoms with Crippen LogP contribution < -0.4 is 10.2 Å². The molecule has 1 aromatic carbocycles. The van der Waals surface area contributed by atoms with Crippen molar-refractivity contribution in [3.63, 3.8) is 0 Å². The zero-order valence-corrected chi connectivity index (χ0v) is 13.4. The van der Waals surface area contributed by atoms with Crippen molar-refractivity contribution < 1.29 is 4.74 Å². The highest BCUT2D eigenvalue weighted by molar-refractivity contribution is 5.59. The van der Waals surface area contributed by atoms with Crippen LogP contribution in [0.1, 0.15) is 32.3 Å². The summed E-state index contributed by atoms with van der Waals surface area (Å²) in [5.41, 5.74) is 3.32. The van der Waals surface area contributed by atoms with Crippen LogP contribution in [0.2, 0.25) is 0 Å². The van der Waals surface area contributed by atoms with Crippen LogP contribution in [0.15, 0.2) is 24.3 Å². The molecule has 0 spiro atoms. The molecule has 1 atom stereocenters. The molecule has 1 fully saturated rings. The van der Waals surface area contributed by atoms with Gasteiger partial charge >= 0.3 is 0 Å². The van der Waals surface area contributed by atoms with E-state index in [9.17, 15) is 0 Å². The van der Waals surface area contributed by atoms with Crippen LogP contribution in [0.25, 0.3) is 0 Å². The summed E-state index contributed by atoms with van der Waals surface area (Å²) in [6.45, 7) is 9.69. The van der Waals surface area contributed by atoms with Crippen LogP contribution in [0.4, 0.5) is 5.69 Å². The van der Waals surface area contributed by atoms with E-state index in [1.807, 2.05) is 0 Å². The molecule has 1 aromatic rings. The van der Waals surface area contributed by atoms with Crippen molar-refractivity contribution in [2.75, 3.05) is 37.7 Å². The van der Waals surface area contributed by atoms with Crippen molar-refractivity contribution in [3.05, 3.63) is 29.8 Å². The third-order valence-corrected chi connectivity index (χ3v) is 5.16. The van der Waals surface area contributed by atoms with Gasteiger partial charge in [0.1, 0.15) is 0 Å². The van der Waals surface area contributed by atoms with E-state index in [-0.39, 0.29) is 0 Å². The SMILES string of the molecule is CCNCC1(CN2c3ccccc3CC2C)CCOCC1. The van der Waals surface area contributed by atoms with Gasteiger partial charge < -0.3 is 15.0 Å². The molecule has 1 N–H and O–H groups in total. The van der Waals surface area contributed by atoms with Gasteiger partial charge in [-0.1, -0.05) is 25.1 Å². The monoisotopic (exact) mass is 288 g/mol. The summed E-state index contributed by atoms with van der Waals surface area (Å²) < 4.78 is 5.62. The van der Waals surface area contributed by atoms with Gasteiger partial charge in [0.15, 0.2) is 0 Å². The lowest BCUT2D eigenvalue weighted by molar-refractivity contribution is 0.0181. The first-order valence-corrected chi connectivity index (χ1v) is 8.37. The largest absolute Gasteiger partial charge is 0.381 e. The molecule has 0 saturated carbocycles. The maximum absolute atomic E-state index is 5.62. The molecular weight excluding hydrogens is 260 g/mol. The molecule has 2 heterocycles. The number of benzene rings is 1. The molecule has 0 bridgehead atoms. The van der Waals surface area contributed by atoms with Gasteiger partial charge in [-0.15, -0.1) is 0 Å². The van der Waals surface area contributed by atoms with E-state index in [0.717, 1.165) is 32.8 Å². The second-order valence-electron chi connectivity index (χ2n) is 6.70. The number of hydrogen-bond acceptors (Lipinski definition) is 3. The van der Waals surface area contributed by atoms with Crippen LogP contribution >= 0.6 is 0 Å². The van der Waals surface area contributed by atoms with Crippen molar-refractivity contribution in [2.24, 2.45) is 5.41 Å². The molecule has 0 aliphatic carbocycles. The molecule has 0 radical (unpaired) electrons. The fourth-order valence-corrected chi connectivity index (χ4v) is 3.82. The Morgan fingerprint density at radius 1 is 1.29 bits per heavy atom. The summed E-state index contributed by atoms with van der Waals surface area (Å²) in [5.74, 6) is 0. The van der Waals surface area contributed by atoms with Crippen molar-refractivity contribution >= 4 is 5.69 Å². The lowest BCUT2D eigenvalue weighted by Crippen LogP contribution is -2.49. The summed E-state index contributed by atoms with van der Waals surface area (Å²) in [7, 11) is 0. The van der Waals surface area contributed by atoms with Crippen molar-refractivity contribution in [3.8, 4) is 0 Å². The number of nitrogens with one attached hydrogen (secondary N) is 1. The lowest BCUT2D eigenvalue weighted by atomic mass is 9.79. The first-order chi connectivity index (χ1) is 10.2. The fraction of sp³-hybridized carbons (Fsp3) is 0.667. The van der Waals surface area contributed by atoms with E-state index >= 15 is 0 Å². The van der Waals surface area contributed by atoms with Gasteiger partial charge in [-0.2, -0.15) is 0 Å². The van der Waals surface area contributed by atoms with Crippen LogP contribution in [0, 0.1) is 5.41 Å². The van der Waals surface area contributed by atoms with Crippen LogP contribution in [-0.4, -0.2) is 38.9 Å². The Bertz CT molecular complexity index is 468. The molecule has 3 rings (SSSR count). The van der Waals surface area contributed by atoms with Crippen molar-refractivity contribution in [1.82, 2.24) is 5.32 Å². The first kappa shape index (κ1) is 14.9. The van der Waals surface area contributed by atoms with E-state index in [1.165, 1.54) is 30.5 Å². The van der Waals surface area contributed by atoms with Crippen LogP contribution in [0.3, 0.4) is 0 Å². The van der Waals surface area contributed by atoms with Crippen LogP contribution in [0.5, 0.6) is 0 Å². The average molecular weight is 288 g/mol. The predicted octanol–water partition coefficient (Wildman–Crippen LogP) is 2.84. The Labute approximate surface area is 128 Å². The minimum atomic E-state index is 0.361. The van der Waals surface area contributed by atoms with Crippen molar-refractivity contribution in [1.29, 1.82) is 0 Å². The quantitative estimate of drug-likeness (QED) is 0.901. The molecule has 0 amide bonds. The molecule has 1 saturated heterocycles. The number of ether oxygens (including phenoxy) is 1. The maximum atomic E-state index is 5.62. The van der Waals surface area contributed by atoms with E-state index < -0.39 is 0 Å². The Kier molecular flexibility index (Phi) is 4.51. The number of para-hydroxylation sites is 1. The van der Waals surface area contributed by atoms with Gasteiger partial charge in [-0.3, -0.25) is 0 Å². The predicted molar refractivity (Wildman–Crippen MR) is 88.0 cm³/mol. The van der Waals surface area contributed by atoms with Crippen LogP contribution in [-0.2, 0) is 11.2 Å². The first-order valence-electron chi connectivity index (χ1n) is 8.37. The molecule has 3 nitrogen and oxygen atoms in total. The number of nitrogens with zero attached hydrogens (tertiary/aromatic N) is 1. The number of rotatable bonds is 5. The lowest BCUT2D eigenvalue weighted by Gasteiger charge is -2.42. The molecular formula is C18H28N2O. The normalized spacial score (nSPS) is 24.1. The Morgan fingerprint density at radius 2 is 2.05 bits per heavy atom. The topological polar surface area (TPSA) is 24.5 Å². The summed E-state index contributed by atoms with van der Waals surface area (Å²) in [5, 5.41) is 3.59. The zero-order valence-electron chi connectivity index (χ0n) is 13.4. The van der Waals surface area contributed by atoms with Gasteiger partial charge in [0, 0.05) is 43.4 Å². The standard InChI is InChI=1S/C18H28N2O/c1-3-19-13-18(8-10-21-11-9-18)14-20-15(2)12-16-6-4-5-7-17(16)20/h4-7,15,19H,3,8-14H2,1-2H3. The number of fused-ring (bicyclic) bond motifs is 1. The Balaban J connectivity index is 1.79. The molecule has 21 heavy (non-hydrogen) atoms. The van der Waals surface area contributed by atoms with Crippen molar-refractivity contribution in [2.45, 2.75) is 39.2 Å². The number of anilines is 1. The zero-order chi connectivity index (χ0) is 14.7. The summed E-state index contributed by atoms with van der Waals surface area (Å²) in [6.07, 6.45) is 3.53. The Morgan fingerprint density at radius 3 is 2.81 bits per heavy atom. The minimum absolute atomic E-state index is 0.361.